The molecule has 0 spiro atoms. The minimum Gasteiger partial charge on any atom is -0.394 e. The summed E-state index contributed by atoms with van der Waals surface area (Å²) in [7, 11) is 0. The average molecular weight is 1190 g/mol. The highest BCUT2D eigenvalue weighted by Crippen LogP contribution is 2.37. The Kier molecular flexibility index (Phi) is 23.6. The van der Waals surface area contributed by atoms with Crippen molar-refractivity contribution in [2.75, 3.05) is 46.2 Å². The van der Waals surface area contributed by atoms with Crippen molar-refractivity contribution in [1.82, 2.24) is 5.32 Å². The van der Waals surface area contributed by atoms with Crippen LogP contribution in [0.15, 0.2) is 0 Å². The van der Waals surface area contributed by atoms with Gasteiger partial charge in [-0.15, -0.1) is 0 Å². The van der Waals surface area contributed by atoms with E-state index in [-0.39, 0.29) is 0 Å². The molecule has 7 aliphatic heterocycles. The van der Waals surface area contributed by atoms with E-state index in [1.807, 2.05) is 0 Å². The number of rotatable bonds is 20. The second-order valence-electron chi connectivity index (χ2n) is 20.4. The predicted molar refractivity (Wildman–Crippen MR) is 243 cm³/mol. The van der Waals surface area contributed by atoms with Crippen LogP contribution in [0.25, 0.3) is 0 Å². The van der Waals surface area contributed by atoms with Crippen LogP contribution in [-0.4, -0.2) is 379 Å². The molecule has 7 saturated heterocycles. The Balaban J connectivity index is 1.17. The van der Waals surface area contributed by atoms with E-state index >= 15 is 0 Å². The Morgan fingerprint density at radius 1 is 0.321 bits per heavy atom. The summed E-state index contributed by atoms with van der Waals surface area (Å²) in [6.07, 6.45) is -68.1. The number of nitrogens with one attached hydrogen (secondary N) is 1. The zero-order valence-electron chi connectivity index (χ0n) is 42.7. The third-order valence-electron chi connectivity index (χ3n) is 14.9. The molecule has 0 aliphatic carbocycles. The second kappa shape index (κ2) is 28.7. The van der Waals surface area contributed by atoms with E-state index in [2.05, 4.69) is 5.32 Å². The van der Waals surface area contributed by atoms with Crippen LogP contribution in [0, 0.1) is 0 Å². The molecule has 35 atom stereocenters. The molecule has 37 nitrogen and oxygen atoms in total. The van der Waals surface area contributed by atoms with Crippen molar-refractivity contribution in [2.24, 2.45) is 0 Å². The van der Waals surface area contributed by atoms with Crippen LogP contribution >= 0.6 is 0 Å². The molecule has 23 N–H and O–H groups in total. The SMILES string of the molecule is CC(=O)N[C@@H]1[C@@H](O)[C@H](O[C@@H]2O[C@H](CO[C@H]3O[C@H](CO[C@H]4O[C@H](CO)[C@@H](O)[C@H](O)[C@@H]4O)[C@@H](O)[C@H](O)[C@@H]3O)[C@@H](O)[C@H](O[C@H]3O[C@H](CO)[C@@H](O)[C@H](O)[C@@H]3O[C@H]3O[C@H](CO)[C@@H](O)[C@H](O)[C@@H]3O[C@H]3O[C@H](CO)[C@@H](O)[C@H](O)[C@@H]3O)[C@@H]2O)[C@@H](CO)O[C@H]1O. The number of aliphatic hydroxyl groups is 22. The first-order chi connectivity index (χ1) is 38.3. The van der Waals surface area contributed by atoms with Gasteiger partial charge in [0.1, 0.15) is 171 Å². The van der Waals surface area contributed by atoms with Gasteiger partial charge in [0, 0.05) is 6.92 Å². The molecule has 37 heteroatoms. The summed E-state index contributed by atoms with van der Waals surface area (Å²) < 4.78 is 73.9. The quantitative estimate of drug-likeness (QED) is 0.0538. The van der Waals surface area contributed by atoms with E-state index in [0.717, 1.165) is 6.92 Å². The van der Waals surface area contributed by atoms with Crippen molar-refractivity contribution in [3.05, 3.63) is 0 Å². The van der Waals surface area contributed by atoms with Gasteiger partial charge in [-0.05, 0) is 0 Å². The van der Waals surface area contributed by atoms with Crippen LogP contribution in [0.3, 0.4) is 0 Å². The minimum absolute atomic E-state index is 0.793. The molecule has 0 unspecified atom stereocenters. The zero-order valence-corrected chi connectivity index (χ0v) is 42.7. The fourth-order valence-electron chi connectivity index (χ4n) is 10.2. The summed E-state index contributed by atoms with van der Waals surface area (Å²) >= 11 is 0. The summed E-state index contributed by atoms with van der Waals surface area (Å²) in [5.74, 6) is -0.793. The first-order valence-corrected chi connectivity index (χ1v) is 25.6. The van der Waals surface area contributed by atoms with Crippen molar-refractivity contribution >= 4 is 5.91 Å². The number of amides is 1. The number of carbonyl (C=O) groups excluding carboxylic acids is 1. The van der Waals surface area contributed by atoms with Gasteiger partial charge >= 0.3 is 0 Å². The Morgan fingerprint density at radius 3 is 1.09 bits per heavy atom. The van der Waals surface area contributed by atoms with Crippen molar-refractivity contribution in [1.29, 1.82) is 0 Å². The Morgan fingerprint density at radius 2 is 0.642 bits per heavy atom. The van der Waals surface area contributed by atoms with Crippen LogP contribution in [0.4, 0.5) is 0 Å². The topological polar surface area (TPSA) is 594 Å². The molecule has 0 saturated carbocycles. The highest BCUT2D eigenvalue weighted by molar-refractivity contribution is 5.73. The smallest absolute Gasteiger partial charge is 0.217 e. The first kappa shape index (κ1) is 66.6. The fourth-order valence-corrected chi connectivity index (χ4v) is 10.2. The lowest BCUT2D eigenvalue weighted by molar-refractivity contribution is -0.407. The van der Waals surface area contributed by atoms with E-state index in [1.54, 1.807) is 0 Å². The van der Waals surface area contributed by atoms with E-state index in [0.29, 0.717) is 0 Å². The monoisotopic (exact) mass is 1190 g/mol. The van der Waals surface area contributed by atoms with Crippen LogP contribution < -0.4 is 5.32 Å². The van der Waals surface area contributed by atoms with Crippen molar-refractivity contribution in [3.63, 3.8) is 0 Å². The van der Waals surface area contributed by atoms with Crippen molar-refractivity contribution in [2.45, 2.75) is 222 Å². The third kappa shape index (κ3) is 14.2. The Labute approximate surface area is 457 Å². The lowest BCUT2D eigenvalue weighted by atomic mass is 9.95. The van der Waals surface area contributed by atoms with Crippen LogP contribution in [0.2, 0.25) is 0 Å². The largest absolute Gasteiger partial charge is 0.394 e. The fraction of sp³-hybridized carbons (Fsp3) is 0.977. The van der Waals surface area contributed by atoms with Crippen LogP contribution in [0.5, 0.6) is 0 Å². The molecular formula is C44H75NO36. The summed E-state index contributed by atoms with van der Waals surface area (Å²) in [4.78, 5) is 12.1. The number of ether oxygens (including phenoxy) is 13. The Hall–Kier alpha value is -1.93. The molecule has 1 amide bonds. The molecule has 472 valence electrons. The van der Waals surface area contributed by atoms with Gasteiger partial charge in [-0.1, -0.05) is 0 Å². The molecule has 7 rings (SSSR count). The van der Waals surface area contributed by atoms with Gasteiger partial charge in [-0.2, -0.15) is 0 Å². The molecule has 0 aromatic carbocycles. The van der Waals surface area contributed by atoms with Gasteiger partial charge in [0.2, 0.25) is 5.91 Å². The third-order valence-corrected chi connectivity index (χ3v) is 14.9. The number of hydrogen-bond donors (Lipinski definition) is 23. The first-order valence-electron chi connectivity index (χ1n) is 25.6. The molecule has 0 aromatic rings. The van der Waals surface area contributed by atoms with Crippen LogP contribution in [-0.2, 0) is 66.4 Å². The van der Waals surface area contributed by atoms with Gasteiger partial charge in [0.25, 0.3) is 0 Å². The summed E-state index contributed by atoms with van der Waals surface area (Å²) in [6.45, 7) is -5.76. The van der Waals surface area contributed by atoms with Crippen LogP contribution in [0.1, 0.15) is 6.92 Å². The van der Waals surface area contributed by atoms with Gasteiger partial charge in [-0.25, -0.2) is 0 Å². The maximum atomic E-state index is 12.1. The van der Waals surface area contributed by atoms with Gasteiger partial charge in [0.15, 0.2) is 44.0 Å². The number of hydrogen-bond acceptors (Lipinski definition) is 36. The standard InChI is InChI=1S/C44H75NO36/c1-9(51)45-17-24(58)34(14(6-50)71-38(17)68)78-42-33(67)35(23(57)16(77-42)8-70-40-31(65)27(61)22(56)15(76-40)7-69-39-30(64)25(59)18(52)10(2-46)72-39)79-43-37(29(63)21(55)12(4-48)74-43)81-44-36(28(62)20(54)13(5-49)75-44)80-41-32(66)26(60)19(53)11(3-47)73-41/h10-44,46-50,52-68H,2-8H2,1H3,(H,45,51)/t10-,11-,12-,13-,14-,15-,16-,17-,18-,19-,20-,21-,22-,23-,24-,25+,26+,27+,28+,29+,30+,31+,32+,33+,34-,35+,36+,37+,38-,39+,40+,41-,42+,43-,44-/m1/s1. The maximum Gasteiger partial charge on any atom is 0.217 e. The molecule has 81 heavy (non-hydrogen) atoms. The summed E-state index contributed by atoms with van der Waals surface area (Å²) in [5.41, 5.74) is 0. The molecule has 7 aliphatic rings. The molecule has 7 fully saturated rings. The van der Waals surface area contributed by atoms with E-state index in [9.17, 15) is 117 Å². The van der Waals surface area contributed by atoms with Gasteiger partial charge in [0.05, 0.1) is 46.2 Å². The van der Waals surface area contributed by atoms with Crippen molar-refractivity contribution in [3.8, 4) is 0 Å². The molecule has 7 heterocycles. The minimum atomic E-state index is -2.38. The van der Waals surface area contributed by atoms with E-state index < -0.39 is 267 Å². The second-order valence-corrected chi connectivity index (χ2v) is 20.4. The normalized spacial score (nSPS) is 51.9. The molecule has 0 radical (unpaired) electrons. The lowest BCUT2D eigenvalue weighted by Gasteiger charge is -2.50. The molecular weight excluding hydrogens is 1120 g/mol. The molecule has 0 aromatic heterocycles. The highest BCUT2D eigenvalue weighted by Gasteiger charge is 2.58. The highest BCUT2D eigenvalue weighted by atomic mass is 16.8. The van der Waals surface area contributed by atoms with E-state index in [4.69, 9.17) is 61.6 Å². The van der Waals surface area contributed by atoms with Gasteiger partial charge < -0.3 is 179 Å². The van der Waals surface area contributed by atoms with E-state index in [1.165, 1.54) is 0 Å². The predicted octanol–water partition coefficient (Wildman–Crippen LogP) is -16.1. The van der Waals surface area contributed by atoms with Gasteiger partial charge in [-0.3, -0.25) is 4.79 Å². The number of aliphatic hydroxyl groups excluding tert-OH is 22. The average Bonchev–Trinajstić information content (AvgIpc) is 3.63. The summed E-state index contributed by atoms with van der Waals surface area (Å²) in [6, 6.07) is -1.67. The zero-order chi connectivity index (χ0) is 59.6. The number of carbonyl (C=O) groups is 1. The molecule has 0 bridgehead atoms. The summed E-state index contributed by atoms with van der Waals surface area (Å²) in [5, 5.41) is 238. The Bertz CT molecular complexity index is 1940. The lowest BCUT2D eigenvalue weighted by Crippen LogP contribution is -2.69. The maximum absolute atomic E-state index is 12.1. The van der Waals surface area contributed by atoms with Crippen molar-refractivity contribution < 1.29 is 179 Å².